The van der Waals surface area contributed by atoms with Crippen molar-refractivity contribution in [2.45, 2.75) is 38.8 Å². The van der Waals surface area contributed by atoms with Crippen molar-refractivity contribution in [3.05, 3.63) is 35.6 Å². The molecule has 0 radical (unpaired) electrons. The fourth-order valence-electron chi connectivity index (χ4n) is 3.07. The molecular weight excluding hydrogens is 239 g/mol. The summed E-state index contributed by atoms with van der Waals surface area (Å²) in [6.45, 7) is 6.33. The molecule has 1 aromatic carbocycles. The number of halogens is 1. The highest BCUT2D eigenvalue weighted by molar-refractivity contribution is 5.22. The van der Waals surface area contributed by atoms with E-state index in [-0.39, 0.29) is 11.9 Å². The summed E-state index contributed by atoms with van der Waals surface area (Å²) in [4.78, 5) is 2.30. The van der Waals surface area contributed by atoms with Crippen LogP contribution >= 0.6 is 0 Å². The molecule has 106 valence electrons. The molecule has 0 spiro atoms. The Morgan fingerprint density at radius 1 is 1.37 bits per heavy atom. The second-order valence-corrected chi connectivity index (χ2v) is 5.91. The zero-order chi connectivity index (χ0) is 13.8. The molecule has 1 aromatic rings. The molecule has 19 heavy (non-hydrogen) atoms. The van der Waals surface area contributed by atoms with E-state index in [1.165, 1.54) is 12.8 Å². The minimum absolute atomic E-state index is 0.0733. The van der Waals surface area contributed by atoms with Gasteiger partial charge in [0, 0.05) is 24.2 Å². The van der Waals surface area contributed by atoms with E-state index in [0.717, 1.165) is 18.7 Å². The predicted octanol–water partition coefficient (Wildman–Crippen LogP) is 3.21. The first kappa shape index (κ1) is 14.5. The Morgan fingerprint density at radius 3 is 2.79 bits per heavy atom. The number of likely N-dealkylation sites (tertiary alicyclic amines) is 1. The fourth-order valence-corrected chi connectivity index (χ4v) is 3.07. The lowest BCUT2D eigenvalue weighted by Gasteiger charge is -2.40. The van der Waals surface area contributed by atoms with Gasteiger partial charge in [0.05, 0.1) is 0 Å². The van der Waals surface area contributed by atoms with Crippen molar-refractivity contribution >= 4 is 0 Å². The molecule has 1 saturated heterocycles. The zero-order valence-corrected chi connectivity index (χ0v) is 12.2. The van der Waals surface area contributed by atoms with Gasteiger partial charge in [-0.25, -0.2) is 4.39 Å². The molecule has 1 fully saturated rings. The molecule has 1 N–H and O–H groups in total. The molecule has 2 unspecified atom stereocenters. The fraction of sp³-hybridized carbons (Fsp3) is 0.625. The normalized spacial score (nSPS) is 24.9. The Bertz CT molecular complexity index is 405. The summed E-state index contributed by atoms with van der Waals surface area (Å²) >= 11 is 0. The molecule has 0 bridgehead atoms. The highest BCUT2D eigenvalue weighted by Gasteiger charge is 2.31. The molecule has 1 heterocycles. The van der Waals surface area contributed by atoms with Gasteiger partial charge in [0.15, 0.2) is 0 Å². The summed E-state index contributed by atoms with van der Waals surface area (Å²) < 4.78 is 14.1. The average molecular weight is 264 g/mol. The summed E-state index contributed by atoms with van der Waals surface area (Å²) in [6, 6.07) is 7.89. The maximum Gasteiger partial charge on any atom is 0.127 e. The van der Waals surface area contributed by atoms with Gasteiger partial charge in [0.2, 0.25) is 0 Å². The monoisotopic (exact) mass is 264 g/mol. The van der Waals surface area contributed by atoms with Crippen molar-refractivity contribution < 1.29 is 4.39 Å². The van der Waals surface area contributed by atoms with Crippen molar-refractivity contribution in [1.29, 1.82) is 0 Å². The van der Waals surface area contributed by atoms with Gasteiger partial charge >= 0.3 is 0 Å². The molecule has 3 heteroatoms. The SMILES string of the molecule is CC(C)NCC1CCCN(C)C1c1ccccc1F. The molecule has 0 aromatic heterocycles. The van der Waals surface area contributed by atoms with Gasteiger partial charge in [-0.2, -0.15) is 0 Å². The van der Waals surface area contributed by atoms with Crippen LogP contribution in [0.4, 0.5) is 4.39 Å². The van der Waals surface area contributed by atoms with E-state index in [4.69, 9.17) is 0 Å². The van der Waals surface area contributed by atoms with Crippen LogP contribution < -0.4 is 5.32 Å². The standard InChI is InChI=1S/C16H25FN2/c1-12(2)18-11-13-7-6-10-19(3)16(13)14-8-4-5-9-15(14)17/h4-5,8-9,12-13,16,18H,6-7,10-11H2,1-3H3. The van der Waals surface area contributed by atoms with Crippen LogP contribution in [0.1, 0.15) is 38.3 Å². The summed E-state index contributed by atoms with van der Waals surface area (Å²) in [5.74, 6) is 0.411. The van der Waals surface area contributed by atoms with Crippen LogP contribution in [-0.2, 0) is 0 Å². The molecule has 1 aliphatic rings. The highest BCUT2D eigenvalue weighted by atomic mass is 19.1. The first-order valence-electron chi connectivity index (χ1n) is 7.27. The highest BCUT2D eigenvalue weighted by Crippen LogP contribution is 2.35. The number of nitrogens with one attached hydrogen (secondary N) is 1. The number of nitrogens with zero attached hydrogens (tertiary/aromatic N) is 1. The van der Waals surface area contributed by atoms with Crippen molar-refractivity contribution in [2.75, 3.05) is 20.1 Å². The third kappa shape index (κ3) is 3.54. The Labute approximate surface area is 116 Å². The van der Waals surface area contributed by atoms with Crippen molar-refractivity contribution in [3.63, 3.8) is 0 Å². The number of piperidine rings is 1. The molecule has 0 saturated carbocycles. The van der Waals surface area contributed by atoms with E-state index in [1.807, 2.05) is 12.1 Å². The van der Waals surface area contributed by atoms with E-state index in [9.17, 15) is 4.39 Å². The molecule has 2 rings (SSSR count). The summed E-state index contributed by atoms with van der Waals surface area (Å²) in [5, 5.41) is 3.51. The third-order valence-electron chi connectivity index (χ3n) is 4.02. The maximum atomic E-state index is 14.1. The molecule has 0 aliphatic carbocycles. The van der Waals surface area contributed by atoms with E-state index >= 15 is 0 Å². The summed E-state index contributed by atoms with van der Waals surface area (Å²) in [6.07, 6.45) is 2.37. The Hall–Kier alpha value is -0.930. The lowest BCUT2D eigenvalue weighted by molar-refractivity contribution is 0.115. The predicted molar refractivity (Wildman–Crippen MR) is 77.6 cm³/mol. The van der Waals surface area contributed by atoms with E-state index in [1.54, 1.807) is 12.1 Å². The minimum atomic E-state index is -0.0733. The van der Waals surface area contributed by atoms with Gasteiger partial charge in [-0.1, -0.05) is 32.0 Å². The Morgan fingerprint density at radius 2 is 2.11 bits per heavy atom. The van der Waals surface area contributed by atoms with Gasteiger partial charge in [0.1, 0.15) is 5.82 Å². The second kappa shape index (κ2) is 6.49. The van der Waals surface area contributed by atoms with Gasteiger partial charge in [-0.05, 0) is 38.4 Å². The lowest BCUT2D eigenvalue weighted by atomic mass is 9.84. The minimum Gasteiger partial charge on any atom is -0.314 e. The number of hydrogen-bond acceptors (Lipinski definition) is 2. The molecule has 2 nitrogen and oxygen atoms in total. The molecule has 2 atom stereocenters. The van der Waals surface area contributed by atoms with E-state index in [2.05, 4.69) is 31.1 Å². The van der Waals surface area contributed by atoms with Crippen molar-refractivity contribution in [1.82, 2.24) is 10.2 Å². The van der Waals surface area contributed by atoms with Crippen LogP contribution in [0.15, 0.2) is 24.3 Å². The number of hydrogen-bond donors (Lipinski definition) is 1. The summed E-state index contributed by atoms with van der Waals surface area (Å²) in [5.41, 5.74) is 0.847. The zero-order valence-electron chi connectivity index (χ0n) is 12.2. The van der Waals surface area contributed by atoms with Crippen LogP contribution in [0.5, 0.6) is 0 Å². The van der Waals surface area contributed by atoms with Gasteiger partial charge in [-0.15, -0.1) is 0 Å². The van der Waals surface area contributed by atoms with Crippen molar-refractivity contribution in [3.8, 4) is 0 Å². The average Bonchev–Trinajstić information content (AvgIpc) is 2.37. The topological polar surface area (TPSA) is 15.3 Å². The number of benzene rings is 1. The first-order valence-corrected chi connectivity index (χ1v) is 7.27. The molecule has 0 amide bonds. The molecule has 1 aliphatic heterocycles. The smallest absolute Gasteiger partial charge is 0.127 e. The van der Waals surface area contributed by atoms with Crippen LogP contribution in [0.3, 0.4) is 0 Å². The maximum absolute atomic E-state index is 14.1. The van der Waals surface area contributed by atoms with Crippen molar-refractivity contribution in [2.24, 2.45) is 5.92 Å². The quantitative estimate of drug-likeness (QED) is 0.898. The number of rotatable bonds is 4. The Kier molecular flexibility index (Phi) is 4.94. The third-order valence-corrected chi connectivity index (χ3v) is 4.02. The van der Waals surface area contributed by atoms with Gasteiger partial charge in [-0.3, -0.25) is 4.90 Å². The van der Waals surface area contributed by atoms with Gasteiger partial charge < -0.3 is 5.32 Å². The van der Waals surface area contributed by atoms with Crippen LogP contribution in [0, 0.1) is 11.7 Å². The largest absolute Gasteiger partial charge is 0.314 e. The lowest BCUT2D eigenvalue weighted by Crippen LogP contribution is -2.42. The Balaban J connectivity index is 2.19. The van der Waals surface area contributed by atoms with Crippen LogP contribution in [0.25, 0.3) is 0 Å². The van der Waals surface area contributed by atoms with E-state index < -0.39 is 0 Å². The van der Waals surface area contributed by atoms with E-state index in [0.29, 0.717) is 12.0 Å². The second-order valence-electron chi connectivity index (χ2n) is 5.91. The van der Waals surface area contributed by atoms with Crippen LogP contribution in [-0.4, -0.2) is 31.1 Å². The van der Waals surface area contributed by atoms with Gasteiger partial charge in [0.25, 0.3) is 0 Å². The molecular formula is C16H25FN2. The summed E-state index contributed by atoms with van der Waals surface area (Å²) in [7, 11) is 2.11. The first-order chi connectivity index (χ1) is 9.09. The van der Waals surface area contributed by atoms with Crippen LogP contribution in [0.2, 0.25) is 0 Å².